The molecule has 0 saturated carbocycles. The number of rotatable bonds is 5. The molecule has 8 heteroatoms. The van der Waals surface area contributed by atoms with Crippen molar-refractivity contribution in [2.45, 2.75) is 6.54 Å². The van der Waals surface area contributed by atoms with Crippen molar-refractivity contribution in [1.29, 1.82) is 0 Å². The van der Waals surface area contributed by atoms with Crippen LogP contribution in [0, 0.1) is 0 Å². The highest BCUT2D eigenvalue weighted by Crippen LogP contribution is 2.34. The molecule has 0 atom stereocenters. The summed E-state index contributed by atoms with van der Waals surface area (Å²) >= 11 is 12.6. The smallest absolute Gasteiger partial charge is 0.285 e. The molecule has 1 N–H and O–H groups in total. The summed E-state index contributed by atoms with van der Waals surface area (Å²) in [5, 5.41) is 2.43. The Labute approximate surface area is 211 Å². The van der Waals surface area contributed by atoms with Crippen molar-refractivity contribution in [3.63, 3.8) is 0 Å². The lowest BCUT2D eigenvalue weighted by Crippen LogP contribution is -2.44. The molecule has 2 heterocycles. The summed E-state index contributed by atoms with van der Waals surface area (Å²) in [5.41, 5.74) is 6.01. The summed E-state index contributed by atoms with van der Waals surface area (Å²) < 4.78 is 2.42. The van der Waals surface area contributed by atoms with Crippen LogP contribution in [0.1, 0.15) is 21.5 Å². The highest BCUT2D eigenvalue weighted by molar-refractivity contribution is 8.26. The molecule has 0 radical (unpaired) electrons. The number of hydrazine groups is 1. The molecular weight excluding hydrogens is 486 g/mol. The van der Waals surface area contributed by atoms with Crippen LogP contribution in [-0.2, 0) is 11.3 Å². The summed E-state index contributed by atoms with van der Waals surface area (Å²) in [5.74, 6) is -0.877. The van der Waals surface area contributed by atoms with Crippen molar-refractivity contribution < 1.29 is 9.59 Å². The number of hydrogen-bond acceptors (Lipinski definition) is 4. The van der Waals surface area contributed by atoms with Crippen molar-refractivity contribution in [3.05, 3.63) is 112 Å². The normalized spacial score (nSPS) is 14.9. The van der Waals surface area contributed by atoms with Gasteiger partial charge in [0.05, 0.1) is 15.5 Å². The van der Waals surface area contributed by atoms with Gasteiger partial charge in [0, 0.05) is 29.2 Å². The van der Waals surface area contributed by atoms with Crippen LogP contribution in [0.3, 0.4) is 0 Å². The number of thioether (sulfide) groups is 1. The van der Waals surface area contributed by atoms with Gasteiger partial charge in [-0.05, 0) is 42.1 Å². The van der Waals surface area contributed by atoms with E-state index in [9.17, 15) is 9.59 Å². The van der Waals surface area contributed by atoms with Gasteiger partial charge in [0.2, 0.25) is 0 Å². The molecule has 0 spiro atoms. The number of fused-ring (bicyclic) bond motifs is 1. The van der Waals surface area contributed by atoms with Crippen molar-refractivity contribution in [1.82, 2.24) is 15.0 Å². The quantitative estimate of drug-likeness (QED) is 0.272. The number of nitrogens with zero attached hydrogens (tertiary/aromatic N) is 2. The molecule has 1 saturated heterocycles. The molecule has 2 amide bonds. The maximum absolute atomic E-state index is 13.1. The fourth-order valence-corrected chi connectivity index (χ4v) is 5.21. The summed E-state index contributed by atoms with van der Waals surface area (Å²) in [6.45, 7) is 0.712. The zero-order valence-corrected chi connectivity index (χ0v) is 20.2. The molecule has 1 aliphatic heterocycles. The molecule has 1 aliphatic rings. The van der Waals surface area contributed by atoms with E-state index in [0.29, 0.717) is 16.5 Å². The summed E-state index contributed by atoms with van der Waals surface area (Å²) in [4.78, 5) is 26.2. The lowest BCUT2D eigenvalue weighted by atomic mass is 10.1. The van der Waals surface area contributed by atoms with Gasteiger partial charge in [-0.25, -0.2) is 0 Å². The molecule has 5 rings (SSSR count). The van der Waals surface area contributed by atoms with Crippen LogP contribution in [0.2, 0.25) is 5.02 Å². The number of nitrogens with one attached hydrogen (secondary N) is 1. The number of aromatic nitrogens is 1. The molecule has 0 unspecified atom stereocenters. The first-order valence-electron chi connectivity index (χ1n) is 10.5. The average Bonchev–Trinajstić information content (AvgIpc) is 3.32. The minimum Gasteiger partial charge on any atom is -0.342 e. The Morgan fingerprint density at radius 2 is 1.71 bits per heavy atom. The Balaban J connectivity index is 1.43. The van der Waals surface area contributed by atoms with Crippen molar-refractivity contribution in [2.75, 3.05) is 0 Å². The molecule has 5 nitrogen and oxygen atoms in total. The van der Waals surface area contributed by atoms with E-state index < -0.39 is 5.91 Å². The first kappa shape index (κ1) is 22.4. The molecule has 1 fully saturated rings. The minimum absolute atomic E-state index is 0.254. The maximum Gasteiger partial charge on any atom is 0.285 e. The van der Waals surface area contributed by atoms with E-state index in [1.165, 1.54) is 5.56 Å². The van der Waals surface area contributed by atoms with Gasteiger partial charge in [0.1, 0.15) is 0 Å². The number of hydrogen-bond donors (Lipinski definition) is 1. The number of benzene rings is 3. The largest absolute Gasteiger partial charge is 0.342 e. The van der Waals surface area contributed by atoms with Crippen LogP contribution in [0.5, 0.6) is 0 Å². The minimum atomic E-state index is -0.498. The van der Waals surface area contributed by atoms with Gasteiger partial charge in [-0.1, -0.05) is 84.0 Å². The van der Waals surface area contributed by atoms with Gasteiger partial charge >= 0.3 is 0 Å². The van der Waals surface area contributed by atoms with Gasteiger partial charge in [-0.15, -0.1) is 0 Å². The highest BCUT2D eigenvalue weighted by atomic mass is 35.5. The predicted molar refractivity (Wildman–Crippen MR) is 141 cm³/mol. The standard InChI is InChI=1S/C26H18ClN3O2S2/c27-21-12-6-4-11-20(21)24(31)28-30-25(32)23(34-26(30)33)14-18-16-29(15-17-8-2-1-3-9-17)22-13-7-5-10-19(18)22/h1-14,16H,15H2,(H,28,31)/b23-14+. The first-order chi connectivity index (χ1) is 16.5. The molecular formula is C26H18ClN3O2S2. The van der Waals surface area contributed by atoms with E-state index in [4.69, 9.17) is 23.8 Å². The Hall–Kier alpha value is -3.39. The molecule has 168 valence electrons. The Kier molecular flexibility index (Phi) is 6.24. The Morgan fingerprint density at radius 3 is 2.50 bits per heavy atom. The molecule has 0 bridgehead atoms. The first-order valence-corrected chi connectivity index (χ1v) is 12.1. The molecule has 3 aromatic carbocycles. The zero-order valence-electron chi connectivity index (χ0n) is 17.8. The second-order valence-corrected chi connectivity index (χ2v) is 9.74. The summed E-state index contributed by atoms with van der Waals surface area (Å²) in [6.07, 6.45) is 3.86. The number of carbonyl (C=O) groups is 2. The fraction of sp³-hybridized carbons (Fsp3) is 0.0385. The number of carbonyl (C=O) groups excluding carboxylic acids is 2. The van der Waals surface area contributed by atoms with Crippen molar-refractivity contribution in [2.24, 2.45) is 0 Å². The third kappa shape index (κ3) is 4.37. The lowest BCUT2D eigenvalue weighted by Gasteiger charge is -2.16. The van der Waals surface area contributed by atoms with E-state index in [0.717, 1.165) is 33.2 Å². The third-order valence-corrected chi connectivity index (χ3v) is 7.06. The second kappa shape index (κ2) is 9.46. The average molecular weight is 504 g/mol. The van der Waals surface area contributed by atoms with E-state index in [-0.39, 0.29) is 15.8 Å². The second-order valence-electron chi connectivity index (χ2n) is 7.65. The molecule has 0 aliphatic carbocycles. The zero-order chi connectivity index (χ0) is 23.7. The van der Waals surface area contributed by atoms with Gasteiger partial charge < -0.3 is 4.57 Å². The fourth-order valence-electron chi connectivity index (χ4n) is 3.81. The van der Waals surface area contributed by atoms with Crippen molar-refractivity contribution in [3.8, 4) is 0 Å². The Bertz CT molecular complexity index is 1460. The van der Waals surface area contributed by atoms with Crippen LogP contribution in [0.25, 0.3) is 17.0 Å². The highest BCUT2D eigenvalue weighted by Gasteiger charge is 2.34. The van der Waals surface area contributed by atoms with Crippen LogP contribution >= 0.6 is 35.6 Å². The van der Waals surface area contributed by atoms with Crippen LogP contribution < -0.4 is 5.43 Å². The van der Waals surface area contributed by atoms with Crippen LogP contribution in [0.4, 0.5) is 0 Å². The SMILES string of the molecule is O=C(NN1C(=O)/C(=C\c2cn(Cc3ccccc3)c3ccccc23)SC1=S)c1ccccc1Cl. The van der Waals surface area contributed by atoms with Crippen LogP contribution in [-0.4, -0.2) is 25.7 Å². The Morgan fingerprint density at radius 1 is 1.00 bits per heavy atom. The number of para-hydroxylation sites is 1. The van der Waals surface area contributed by atoms with Gasteiger partial charge in [0.15, 0.2) is 4.32 Å². The molecule has 1 aromatic heterocycles. The maximum atomic E-state index is 13.1. The van der Waals surface area contributed by atoms with E-state index in [1.807, 2.05) is 48.7 Å². The topological polar surface area (TPSA) is 54.3 Å². The lowest BCUT2D eigenvalue weighted by molar-refractivity contribution is -0.123. The van der Waals surface area contributed by atoms with Crippen molar-refractivity contribution >= 4 is 68.7 Å². The number of thiocarbonyl (C=S) groups is 1. The van der Waals surface area contributed by atoms with E-state index >= 15 is 0 Å². The van der Waals surface area contributed by atoms with Gasteiger partial charge in [-0.2, -0.15) is 5.01 Å². The van der Waals surface area contributed by atoms with Gasteiger partial charge in [0.25, 0.3) is 11.8 Å². The third-order valence-electron chi connectivity index (χ3n) is 5.43. The monoisotopic (exact) mass is 503 g/mol. The predicted octanol–water partition coefficient (Wildman–Crippen LogP) is 5.89. The van der Waals surface area contributed by atoms with E-state index in [1.54, 1.807) is 24.3 Å². The molecule has 4 aromatic rings. The number of amides is 2. The number of halogens is 1. The van der Waals surface area contributed by atoms with E-state index in [2.05, 4.69) is 28.2 Å². The summed E-state index contributed by atoms with van der Waals surface area (Å²) in [6, 6.07) is 24.9. The summed E-state index contributed by atoms with van der Waals surface area (Å²) in [7, 11) is 0. The molecule has 34 heavy (non-hydrogen) atoms. The van der Waals surface area contributed by atoms with Gasteiger partial charge in [-0.3, -0.25) is 15.0 Å². The van der Waals surface area contributed by atoms with Crippen LogP contribution in [0.15, 0.2) is 90.0 Å².